The number of carbonyl (C=O) groups is 2. The van der Waals surface area contributed by atoms with Crippen molar-refractivity contribution in [3.8, 4) is 0 Å². The van der Waals surface area contributed by atoms with Gasteiger partial charge in [0.05, 0.1) is 0 Å². The van der Waals surface area contributed by atoms with Gasteiger partial charge in [-0.05, 0) is 58.4 Å². The third-order valence-electron chi connectivity index (χ3n) is 5.10. The molecular formula is C18H33N3O3. The molecule has 1 aliphatic heterocycles. The van der Waals surface area contributed by atoms with Crippen LogP contribution in [-0.4, -0.2) is 54.7 Å². The lowest BCUT2D eigenvalue weighted by molar-refractivity contribution is -0.127. The molecule has 6 heteroatoms. The molecule has 2 amide bonds. The maximum Gasteiger partial charge on any atom is 0.410 e. The van der Waals surface area contributed by atoms with E-state index in [0.29, 0.717) is 18.3 Å². The Morgan fingerprint density at radius 2 is 2.00 bits per heavy atom. The van der Waals surface area contributed by atoms with Crippen LogP contribution in [0.15, 0.2) is 0 Å². The SMILES string of the molecule is CCC[C@@H](C(=O)N[C@H]1CC[C@@H]2CNC[C@@H]21)N(C)C(=O)OC(C)(C)C. The minimum atomic E-state index is -0.563. The topological polar surface area (TPSA) is 70.7 Å². The van der Waals surface area contributed by atoms with Crippen LogP contribution >= 0.6 is 0 Å². The Morgan fingerprint density at radius 1 is 1.29 bits per heavy atom. The van der Waals surface area contributed by atoms with Crippen LogP contribution in [0.4, 0.5) is 4.79 Å². The van der Waals surface area contributed by atoms with Crippen molar-refractivity contribution in [2.75, 3.05) is 20.1 Å². The van der Waals surface area contributed by atoms with Gasteiger partial charge in [-0.1, -0.05) is 13.3 Å². The Morgan fingerprint density at radius 3 is 2.62 bits per heavy atom. The van der Waals surface area contributed by atoms with Crippen LogP contribution in [0.3, 0.4) is 0 Å². The smallest absolute Gasteiger partial charge is 0.410 e. The van der Waals surface area contributed by atoms with E-state index in [4.69, 9.17) is 4.74 Å². The molecule has 2 aliphatic rings. The van der Waals surface area contributed by atoms with E-state index in [1.165, 1.54) is 11.3 Å². The number of rotatable bonds is 5. The largest absolute Gasteiger partial charge is 0.444 e. The average molecular weight is 339 g/mol. The first-order valence-electron chi connectivity index (χ1n) is 9.19. The van der Waals surface area contributed by atoms with Gasteiger partial charge in [-0.25, -0.2) is 4.79 Å². The van der Waals surface area contributed by atoms with Gasteiger partial charge in [-0.2, -0.15) is 0 Å². The highest BCUT2D eigenvalue weighted by molar-refractivity contribution is 5.85. The second kappa shape index (κ2) is 7.72. The quantitative estimate of drug-likeness (QED) is 0.805. The number of carbonyl (C=O) groups excluding carboxylic acids is 2. The van der Waals surface area contributed by atoms with E-state index in [9.17, 15) is 9.59 Å². The molecule has 0 aromatic carbocycles. The van der Waals surface area contributed by atoms with E-state index in [-0.39, 0.29) is 11.9 Å². The van der Waals surface area contributed by atoms with Gasteiger partial charge in [0, 0.05) is 19.6 Å². The van der Waals surface area contributed by atoms with Gasteiger partial charge in [0.2, 0.25) is 5.91 Å². The van der Waals surface area contributed by atoms with Crippen molar-refractivity contribution in [2.24, 2.45) is 11.8 Å². The van der Waals surface area contributed by atoms with Crippen LogP contribution in [0, 0.1) is 11.8 Å². The molecule has 1 saturated carbocycles. The van der Waals surface area contributed by atoms with E-state index in [0.717, 1.165) is 25.9 Å². The Hall–Kier alpha value is -1.30. The van der Waals surface area contributed by atoms with Crippen LogP contribution in [0.2, 0.25) is 0 Å². The summed E-state index contributed by atoms with van der Waals surface area (Å²) in [5.41, 5.74) is -0.563. The van der Waals surface area contributed by atoms with E-state index in [2.05, 4.69) is 10.6 Å². The fraction of sp³-hybridized carbons (Fsp3) is 0.889. The molecule has 0 radical (unpaired) electrons. The lowest BCUT2D eigenvalue weighted by Gasteiger charge is -2.31. The van der Waals surface area contributed by atoms with Crippen molar-refractivity contribution in [1.82, 2.24) is 15.5 Å². The molecule has 0 unspecified atom stereocenters. The summed E-state index contributed by atoms with van der Waals surface area (Å²) in [6.07, 6.45) is 3.24. The summed E-state index contributed by atoms with van der Waals surface area (Å²) in [5.74, 6) is 1.16. The summed E-state index contributed by atoms with van der Waals surface area (Å²) in [4.78, 5) is 26.6. The molecule has 0 aromatic rings. The number of hydrogen-bond donors (Lipinski definition) is 2. The van der Waals surface area contributed by atoms with Gasteiger partial charge < -0.3 is 15.4 Å². The molecule has 0 spiro atoms. The zero-order valence-corrected chi connectivity index (χ0v) is 15.7. The van der Waals surface area contributed by atoms with Crippen LogP contribution in [0.25, 0.3) is 0 Å². The van der Waals surface area contributed by atoms with Gasteiger partial charge >= 0.3 is 6.09 Å². The van der Waals surface area contributed by atoms with E-state index in [1.54, 1.807) is 7.05 Å². The normalized spacial score (nSPS) is 27.5. The van der Waals surface area contributed by atoms with Crippen molar-refractivity contribution in [3.63, 3.8) is 0 Å². The second-order valence-corrected chi connectivity index (χ2v) is 8.17. The Balaban J connectivity index is 1.98. The van der Waals surface area contributed by atoms with Gasteiger partial charge in [0.1, 0.15) is 11.6 Å². The standard InChI is InChI=1S/C18H33N3O3/c1-6-7-15(21(5)17(23)24-18(2,3)4)16(22)20-14-9-8-12-10-19-11-13(12)14/h12-15,19H,6-11H2,1-5H3,(H,20,22)/t12-,13+,14+,15+/m1/s1. The number of nitrogens with zero attached hydrogens (tertiary/aromatic N) is 1. The Bertz CT molecular complexity index is 461. The minimum Gasteiger partial charge on any atom is -0.444 e. The first-order valence-corrected chi connectivity index (χ1v) is 9.19. The molecule has 1 heterocycles. The summed E-state index contributed by atoms with van der Waals surface area (Å²) in [6.45, 7) is 9.57. The highest BCUT2D eigenvalue weighted by Crippen LogP contribution is 2.34. The number of fused-ring (bicyclic) bond motifs is 1. The van der Waals surface area contributed by atoms with Crippen molar-refractivity contribution in [2.45, 2.75) is 71.1 Å². The zero-order chi connectivity index (χ0) is 17.9. The maximum atomic E-state index is 12.8. The first kappa shape index (κ1) is 19.0. The molecule has 24 heavy (non-hydrogen) atoms. The van der Waals surface area contributed by atoms with Crippen molar-refractivity contribution < 1.29 is 14.3 Å². The lowest BCUT2D eigenvalue weighted by atomic mass is 9.97. The molecular weight excluding hydrogens is 306 g/mol. The fourth-order valence-electron chi connectivity index (χ4n) is 3.84. The molecule has 0 bridgehead atoms. The molecule has 6 nitrogen and oxygen atoms in total. The van der Waals surface area contributed by atoms with Crippen molar-refractivity contribution in [3.05, 3.63) is 0 Å². The fourth-order valence-corrected chi connectivity index (χ4v) is 3.84. The minimum absolute atomic E-state index is 0.0530. The second-order valence-electron chi connectivity index (χ2n) is 8.17. The summed E-state index contributed by atoms with van der Waals surface area (Å²) in [7, 11) is 1.66. The van der Waals surface area contributed by atoms with Crippen molar-refractivity contribution >= 4 is 12.0 Å². The van der Waals surface area contributed by atoms with Crippen LogP contribution in [-0.2, 0) is 9.53 Å². The molecule has 2 fully saturated rings. The summed E-state index contributed by atoms with van der Waals surface area (Å²) in [5, 5.41) is 6.62. The average Bonchev–Trinajstić information content (AvgIpc) is 3.07. The maximum absolute atomic E-state index is 12.8. The molecule has 138 valence electrons. The number of likely N-dealkylation sites (N-methyl/N-ethyl adjacent to an activating group) is 1. The first-order chi connectivity index (χ1) is 11.2. The number of ether oxygens (including phenoxy) is 1. The highest BCUT2D eigenvalue weighted by Gasteiger charge is 2.41. The number of nitrogens with one attached hydrogen (secondary N) is 2. The third-order valence-corrected chi connectivity index (χ3v) is 5.10. The van der Waals surface area contributed by atoms with Gasteiger partial charge in [0.25, 0.3) is 0 Å². The molecule has 2 rings (SSSR count). The van der Waals surface area contributed by atoms with Gasteiger partial charge in [-0.3, -0.25) is 9.69 Å². The molecule has 1 saturated heterocycles. The van der Waals surface area contributed by atoms with Gasteiger partial charge in [-0.15, -0.1) is 0 Å². The van der Waals surface area contributed by atoms with E-state index in [1.807, 2.05) is 27.7 Å². The van der Waals surface area contributed by atoms with Crippen molar-refractivity contribution in [1.29, 1.82) is 0 Å². The lowest BCUT2D eigenvalue weighted by Crippen LogP contribution is -2.52. The monoisotopic (exact) mass is 339 g/mol. The Labute approximate surface area is 145 Å². The van der Waals surface area contributed by atoms with E-state index < -0.39 is 17.7 Å². The predicted octanol–water partition coefficient (Wildman–Crippen LogP) is 2.14. The molecule has 1 aliphatic carbocycles. The zero-order valence-electron chi connectivity index (χ0n) is 15.7. The van der Waals surface area contributed by atoms with Crippen LogP contribution in [0.5, 0.6) is 0 Å². The summed E-state index contributed by atoms with van der Waals surface area (Å²) < 4.78 is 5.41. The molecule has 2 N–H and O–H groups in total. The van der Waals surface area contributed by atoms with E-state index >= 15 is 0 Å². The molecule has 0 aromatic heterocycles. The van der Waals surface area contributed by atoms with Crippen LogP contribution < -0.4 is 10.6 Å². The summed E-state index contributed by atoms with van der Waals surface area (Å²) in [6, 6.07) is -0.248. The number of amides is 2. The van der Waals surface area contributed by atoms with Gasteiger partial charge in [0.15, 0.2) is 0 Å². The number of hydrogen-bond acceptors (Lipinski definition) is 4. The third kappa shape index (κ3) is 4.62. The molecule has 4 atom stereocenters. The highest BCUT2D eigenvalue weighted by atomic mass is 16.6. The predicted molar refractivity (Wildman–Crippen MR) is 93.7 cm³/mol. The van der Waals surface area contributed by atoms with Crippen LogP contribution in [0.1, 0.15) is 53.4 Å². The Kier molecular flexibility index (Phi) is 6.12. The summed E-state index contributed by atoms with van der Waals surface area (Å²) >= 11 is 0.